The van der Waals surface area contributed by atoms with Gasteiger partial charge in [-0.05, 0) is 13.8 Å². The van der Waals surface area contributed by atoms with Crippen LogP contribution in [-0.2, 0) is 6.42 Å². The van der Waals surface area contributed by atoms with Gasteiger partial charge < -0.3 is 15.5 Å². The van der Waals surface area contributed by atoms with Crippen molar-refractivity contribution in [3.63, 3.8) is 0 Å². The molecular formula is C11H18ClN3O2. The smallest absolute Gasteiger partial charge is 0.137 e. The van der Waals surface area contributed by atoms with Gasteiger partial charge in [0.05, 0.1) is 6.61 Å². The number of aromatic nitrogens is 2. The Morgan fingerprint density at radius 1 is 1.41 bits per heavy atom. The quantitative estimate of drug-likeness (QED) is 0.692. The van der Waals surface area contributed by atoms with Gasteiger partial charge in [-0.1, -0.05) is 18.5 Å². The average molecular weight is 260 g/mol. The molecule has 0 aliphatic rings. The van der Waals surface area contributed by atoms with E-state index in [1.54, 1.807) is 13.8 Å². The summed E-state index contributed by atoms with van der Waals surface area (Å²) in [5.41, 5.74) is -0.450. The average Bonchev–Trinajstić information content (AvgIpc) is 2.31. The third-order valence-electron chi connectivity index (χ3n) is 2.43. The van der Waals surface area contributed by atoms with Crippen molar-refractivity contribution in [2.45, 2.75) is 32.8 Å². The fourth-order valence-corrected chi connectivity index (χ4v) is 1.38. The predicted octanol–water partition coefficient (Wildman–Crippen LogP) is 1.16. The second-order valence-corrected chi connectivity index (χ2v) is 4.62. The lowest BCUT2D eigenvalue weighted by atomic mass is 10.1. The van der Waals surface area contributed by atoms with Gasteiger partial charge in [0, 0.05) is 18.5 Å². The number of aliphatic hydroxyl groups is 2. The summed E-state index contributed by atoms with van der Waals surface area (Å²) in [6.07, 6.45) is 0.686. The number of rotatable bonds is 5. The molecule has 0 radical (unpaired) electrons. The van der Waals surface area contributed by atoms with Crippen molar-refractivity contribution in [2.24, 2.45) is 0 Å². The Morgan fingerprint density at radius 2 is 2.06 bits per heavy atom. The van der Waals surface area contributed by atoms with Crippen molar-refractivity contribution in [1.82, 2.24) is 9.97 Å². The van der Waals surface area contributed by atoms with Crippen LogP contribution >= 0.6 is 11.6 Å². The Balaban J connectivity index is 2.87. The Kier molecular flexibility index (Phi) is 4.68. The molecule has 0 saturated heterocycles. The maximum absolute atomic E-state index is 9.68. The van der Waals surface area contributed by atoms with E-state index in [0.29, 0.717) is 23.2 Å². The van der Waals surface area contributed by atoms with Crippen LogP contribution in [0.4, 0.5) is 5.82 Å². The molecule has 0 bridgehead atoms. The number of hydrogen-bond acceptors (Lipinski definition) is 5. The van der Waals surface area contributed by atoms with E-state index in [-0.39, 0.29) is 13.2 Å². The lowest BCUT2D eigenvalue weighted by Gasteiger charge is -2.21. The summed E-state index contributed by atoms with van der Waals surface area (Å²) in [4.78, 5) is 8.41. The van der Waals surface area contributed by atoms with Crippen molar-refractivity contribution < 1.29 is 10.2 Å². The van der Waals surface area contributed by atoms with E-state index in [1.165, 1.54) is 0 Å². The number of aliphatic hydroxyl groups excluding tert-OH is 1. The largest absolute Gasteiger partial charge is 0.393 e. The van der Waals surface area contributed by atoms with Crippen LogP contribution in [0.3, 0.4) is 0 Å². The van der Waals surface area contributed by atoms with Gasteiger partial charge >= 0.3 is 0 Å². The molecule has 6 heteroatoms. The minimum Gasteiger partial charge on any atom is -0.393 e. The zero-order chi connectivity index (χ0) is 13.1. The Hall–Kier alpha value is -0.910. The molecule has 1 aromatic rings. The Labute approximate surface area is 106 Å². The van der Waals surface area contributed by atoms with Crippen LogP contribution in [0.25, 0.3) is 0 Å². The predicted molar refractivity (Wildman–Crippen MR) is 67.4 cm³/mol. The van der Waals surface area contributed by atoms with Crippen molar-refractivity contribution in [1.29, 1.82) is 0 Å². The summed E-state index contributed by atoms with van der Waals surface area (Å²) in [7, 11) is 0. The molecule has 1 rings (SSSR count). The van der Waals surface area contributed by atoms with Crippen LogP contribution < -0.4 is 5.32 Å². The van der Waals surface area contributed by atoms with E-state index in [0.717, 1.165) is 5.56 Å². The number of halogens is 1. The minimum absolute atomic E-state index is 0.195. The molecule has 96 valence electrons. The van der Waals surface area contributed by atoms with Gasteiger partial charge in [0.15, 0.2) is 0 Å². The molecule has 1 aromatic heterocycles. The maximum atomic E-state index is 9.68. The monoisotopic (exact) mass is 259 g/mol. The fraction of sp³-hybridized carbons (Fsp3) is 0.636. The fourth-order valence-electron chi connectivity index (χ4n) is 1.19. The van der Waals surface area contributed by atoms with Crippen LogP contribution in [0.2, 0.25) is 5.15 Å². The normalized spacial score (nSPS) is 14.5. The highest BCUT2D eigenvalue weighted by atomic mass is 35.5. The van der Waals surface area contributed by atoms with Gasteiger partial charge in [0.25, 0.3) is 0 Å². The number of aryl methyl sites for hydroxylation is 1. The molecule has 5 nitrogen and oxygen atoms in total. The summed E-state index contributed by atoms with van der Waals surface area (Å²) < 4.78 is 0. The van der Waals surface area contributed by atoms with E-state index >= 15 is 0 Å². The molecule has 0 aliphatic carbocycles. The van der Waals surface area contributed by atoms with E-state index in [1.807, 2.05) is 6.92 Å². The van der Waals surface area contributed by atoms with E-state index < -0.39 is 5.60 Å². The molecule has 1 atom stereocenters. The second kappa shape index (κ2) is 5.62. The molecule has 0 spiro atoms. The molecular weight excluding hydrogens is 242 g/mol. The van der Waals surface area contributed by atoms with Gasteiger partial charge in [-0.3, -0.25) is 0 Å². The van der Waals surface area contributed by atoms with Crippen molar-refractivity contribution >= 4 is 17.4 Å². The Morgan fingerprint density at radius 3 is 2.59 bits per heavy atom. The topological polar surface area (TPSA) is 78.3 Å². The van der Waals surface area contributed by atoms with Crippen LogP contribution in [-0.4, -0.2) is 38.9 Å². The molecule has 0 fully saturated rings. The van der Waals surface area contributed by atoms with E-state index in [2.05, 4.69) is 15.3 Å². The van der Waals surface area contributed by atoms with Crippen molar-refractivity contribution in [2.75, 3.05) is 18.5 Å². The third kappa shape index (κ3) is 3.80. The van der Waals surface area contributed by atoms with Gasteiger partial charge in [0.1, 0.15) is 22.4 Å². The van der Waals surface area contributed by atoms with Crippen LogP contribution in [0.5, 0.6) is 0 Å². The number of nitrogens with zero attached hydrogens (tertiary/aromatic N) is 2. The first kappa shape index (κ1) is 14.2. The lowest BCUT2D eigenvalue weighted by Crippen LogP contribution is -2.37. The van der Waals surface area contributed by atoms with Crippen LogP contribution in [0.15, 0.2) is 0 Å². The first-order valence-corrected chi connectivity index (χ1v) is 5.87. The Bertz CT molecular complexity index is 397. The first-order chi connectivity index (χ1) is 7.89. The molecule has 3 N–H and O–H groups in total. The zero-order valence-electron chi connectivity index (χ0n) is 10.3. The SMILES string of the molecule is CCc1nc(Cl)c(C)c(NCC(C)(O)CO)n1. The van der Waals surface area contributed by atoms with Gasteiger partial charge in [-0.25, -0.2) is 9.97 Å². The maximum Gasteiger partial charge on any atom is 0.137 e. The summed E-state index contributed by atoms with van der Waals surface area (Å²) in [6, 6.07) is 0. The van der Waals surface area contributed by atoms with Gasteiger partial charge in [-0.15, -0.1) is 0 Å². The van der Waals surface area contributed by atoms with Gasteiger partial charge in [-0.2, -0.15) is 0 Å². The number of anilines is 1. The summed E-state index contributed by atoms with van der Waals surface area (Å²) in [5.74, 6) is 1.24. The van der Waals surface area contributed by atoms with Crippen molar-refractivity contribution in [3.8, 4) is 0 Å². The first-order valence-electron chi connectivity index (χ1n) is 5.49. The molecule has 0 aromatic carbocycles. The summed E-state index contributed by atoms with van der Waals surface area (Å²) in [6.45, 7) is 5.16. The highest BCUT2D eigenvalue weighted by Gasteiger charge is 2.19. The molecule has 1 unspecified atom stereocenters. The highest BCUT2D eigenvalue weighted by Crippen LogP contribution is 2.20. The third-order valence-corrected chi connectivity index (χ3v) is 2.79. The molecule has 0 aliphatic heterocycles. The van der Waals surface area contributed by atoms with Crippen LogP contribution in [0.1, 0.15) is 25.2 Å². The molecule has 0 saturated carbocycles. The number of nitrogens with one attached hydrogen (secondary N) is 1. The molecule has 0 amide bonds. The summed E-state index contributed by atoms with van der Waals surface area (Å²) >= 11 is 5.98. The van der Waals surface area contributed by atoms with Gasteiger partial charge in [0.2, 0.25) is 0 Å². The standard InChI is InChI=1S/C11H18ClN3O2/c1-4-8-14-9(12)7(2)10(15-8)13-5-11(3,17)6-16/h16-17H,4-6H2,1-3H3,(H,13,14,15). The van der Waals surface area contributed by atoms with E-state index in [9.17, 15) is 5.11 Å². The lowest BCUT2D eigenvalue weighted by molar-refractivity contribution is 0.0131. The minimum atomic E-state index is -1.18. The molecule has 1 heterocycles. The zero-order valence-corrected chi connectivity index (χ0v) is 11.0. The second-order valence-electron chi connectivity index (χ2n) is 4.27. The van der Waals surface area contributed by atoms with Crippen molar-refractivity contribution in [3.05, 3.63) is 16.5 Å². The summed E-state index contributed by atoms with van der Waals surface area (Å²) in [5, 5.41) is 22.0. The van der Waals surface area contributed by atoms with E-state index in [4.69, 9.17) is 16.7 Å². The van der Waals surface area contributed by atoms with Crippen LogP contribution in [0, 0.1) is 6.92 Å². The highest BCUT2D eigenvalue weighted by molar-refractivity contribution is 6.30. The molecule has 17 heavy (non-hydrogen) atoms. The number of hydrogen-bond donors (Lipinski definition) is 3.